The molecule has 3 aliphatic rings. The molecule has 1 atom stereocenters. The van der Waals surface area contributed by atoms with Crippen LogP contribution in [0.3, 0.4) is 0 Å². The molecule has 0 saturated heterocycles. The predicted molar refractivity (Wildman–Crippen MR) is 115 cm³/mol. The van der Waals surface area contributed by atoms with Crippen molar-refractivity contribution in [1.29, 1.82) is 0 Å². The van der Waals surface area contributed by atoms with Crippen LogP contribution in [0.15, 0.2) is 18.2 Å². The smallest absolute Gasteiger partial charge is 0.493 e. The average molecular weight is 429 g/mol. The Bertz CT molecular complexity index is 920. The van der Waals surface area contributed by atoms with Gasteiger partial charge in [-0.25, -0.2) is 4.79 Å². The molecule has 0 spiro atoms. The first kappa shape index (κ1) is 21.3. The third-order valence-corrected chi connectivity index (χ3v) is 6.56. The van der Waals surface area contributed by atoms with Crippen molar-refractivity contribution in [3.63, 3.8) is 0 Å². The molecule has 8 nitrogen and oxygen atoms in total. The fourth-order valence-electron chi connectivity index (χ4n) is 5.03. The van der Waals surface area contributed by atoms with Crippen molar-refractivity contribution in [3.8, 4) is 11.5 Å². The Morgan fingerprint density at radius 3 is 2.52 bits per heavy atom. The van der Waals surface area contributed by atoms with Gasteiger partial charge < -0.3 is 14.8 Å². The van der Waals surface area contributed by atoms with Crippen LogP contribution in [0, 0.1) is 5.92 Å². The minimum atomic E-state index is -0.340. The number of rotatable bonds is 6. The summed E-state index contributed by atoms with van der Waals surface area (Å²) in [7, 11) is 3.08. The standard InChI is InChI=1S/C23H29N3O5/c1-30-19-12-11-15(13-20(19)31-2)24-21(27)14-25-18-10-6-9-17(18)22(28)26(23(25)29)16-7-4-3-5-8-16/h11-13,16-17H,3-10,14H2,1-2H3/p+1. The van der Waals surface area contributed by atoms with Gasteiger partial charge in [0, 0.05) is 18.2 Å². The molecule has 1 unspecified atom stereocenters. The van der Waals surface area contributed by atoms with Gasteiger partial charge in [-0.15, -0.1) is 0 Å². The summed E-state index contributed by atoms with van der Waals surface area (Å²) in [4.78, 5) is 40.7. The van der Waals surface area contributed by atoms with Crippen LogP contribution in [0.4, 0.5) is 10.5 Å². The molecule has 4 rings (SSSR count). The molecule has 4 amide bonds. The predicted octanol–water partition coefficient (Wildman–Crippen LogP) is 3.19. The van der Waals surface area contributed by atoms with E-state index >= 15 is 0 Å². The van der Waals surface area contributed by atoms with E-state index in [2.05, 4.69) is 5.32 Å². The number of benzene rings is 1. The summed E-state index contributed by atoms with van der Waals surface area (Å²) in [6, 6.07) is 4.73. The maximum Gasteiger partial charge on any atom is 0.501 e. The molecule has 8 heteroatoms. The summed E-state index contributed by atoms with van der Waals surface area (Å²) >= 11 is 0. The van der Waals surface area contributed by atoms with Crippen LogP contribution in [-0.4, -0.2) is 59.8 Å². The summed E-state index contributed by atoms with van der Waals surface area (Å²) in [5, 5.41) is 2.84. The fraction of sp³-hybridized carbons (Fsp3) is 0.565. The molecule has 2 fully saturated rings. The molecule has 1 N–H and O–H groups in total. The highest BCUT2D eigenvalue weighted by atomic mass is 16.5. The Morgan fingerprint density at radius 1 is 1.06 bits per heavy atom. The lowest BCUT2D eigenvalue weighted by molar-refractivity contribution is -0.430. The van der Waals surface area contributed by atoms with Crippen LogP contribution < -0.4 is 14.8 Å². The second-order valence-electron chi connectivity index (χ2n) is 8.42. The zero-order valence-corrected chi connectivity index (χ0v) is 18.2. The van der Waals surface area contributed by atoms with E-state index in [-0.39, 0.29) is 36.3 Å². The summed E-state index contributed by atoms with van der Waals surface area (Å²) in [6.45, 7) is -0.102. The molecule has 0 bridgehead atoms. The number of carbonyl (C=O) groups excluding carboxylic acids is 3. The van der Waals surface area contributed by atoms with Crippen molar-refractivity contribution >= 4 is 29.2 Å². The lowest BCUT2D eigenvalue weighted by Gasteiger charge is -2.31. The quantitative estimate of drug-likeness (QED) is 0.703. The zero-order valence-electron chi connectivity index (χ0n) is 18.2. The van der Waals surface area contributed by atoms with Crippen molar-refractivity contribution in [2.75, 3.05) is 26.1 Å². The molecule has 2 aliphatic carbocycles. The minimum absolute atomic E-state index is 0.0488. The molecule has 2 saturated carbocycles. The van der Waals surface area contributed by atoms with Gasteiger partial charge >= 0.3 is 11.9 Å². The largest absolute Gasteiger partial charge is 0.501 e. The second-order valence-corrected chi connectivity index (χ2v) is 8.42. The lowest BCUT2D eigenvalue weighted by Crippen LogP contribution is -2.58. The normalized spacial score (nSPS) is 21.9. The number of nitrogens with zero attached hydrogens (tertiary/aromatic N) is 2. The van der Waals surface area contributed by atoms with Crippen LogP contribution in [-0.2, 0) is 9.59 Å². The number of imide groups is 1. The van der Waals surface area contributed by atoms with Gasteiger partial charge in [-0.2, -0.15) is 14.3 Å². The number of fused-ring (bicyclic) bond motifs is 1. The Hall–Kier alpha value is -2.90. The van der Waals surface area contributed by atoms with E-state index in [0.29, 0.717) is 23.6 Å². The molecule has 166 valence electrons. The van der Waals surface area contributed by atoms with Gasteiger partial charge in [-0.1, -0.05) is 6.42 Å². The van der Waals surface area contributed by atoms with Crippen molar-refractivity contribution in [1.82, 2.24) is 4.90 Å². The molecule has 31 heavy (non-hydrogen) atoms. The van der Waals surface area contributed by atoms with Gasteiger partial charge in [-0.3, -0.25) is 4.79 Å². The fourth-order valence-corrected chi connectivity index (χ4v) is 5.03. The summed E-state index contributed by atoms with van der Waals surface area (Å²) in [6.07, 6.45) is 7.21. The third kappa shape index (κ3) is 4.16. The first-order valence-corrected chi connectivity index (χ1v) is 11.1. The maximum absolute atomic E-state index is 13.3. The zero-order chi connectivity index (χ0) is 22.0. The van der Waals surface area contributed by atoms with Crippen LogP contribution >= 0.6 is 0 Å². The Kier molecular flexibility index (Phi) is 6.25. The average Bonchev–Trinajstić information content (AvgIpc) is 3.27. The molecule has 0 aromatic heterocycles. The highest BCUT2D eigenvalue weighted by molar-refractivity contribution is 6.12. The number of urea groups is 1. The first-order chi connectivity index (χ1) is 15.0. The number of methoxy groups -OCH3 is 2. The Labute approximate surface area is 182 Å². The van der Waals surface area contributed by atoms with E-state index in [1.807, 2.05) is 0 Å². The van der Waals surface area contributed by atoms with E-state index < -0.39 is 0 Å². The van der Waals surface area contributed by atoms with Crippen LogP contribution in [0.25, 0.3) is 0 Å². The number of hydrogen-bond donors (Lipinski definition) is 1. The van der Waals surface area contributed by atoms with E-state index in [1.54, 1.807) is 29.9 Å². The van der Waals surface area contributed by atoms with Crippen LogP contribution in [0.2, 0.25) is 0 Å². The highest BCUT2D eigenvalue weighted by Crippen LogP contribution is 2.33. The SMILES string of the molecule is COc1ccc(NC(=O)C[N+]2=C3CCCC3C(=O)N(C3CCCCC3)C2=O)cc1OC. The minimum Gasteiger partial charge on any atom is -0.493 e. The topological polar surface area (TPSA) is 88.0 Å². The number of carbonyl (C=O) groups is 3. The van der Waals surface area contributed by atoms with Crippen molar-refractivity contribution in [3.05, 3.63) is 18.2 Å². The van der Waals surface area contributed by atoms with E-state index in [9.17, 15) is 14.4 Å². The van der Waals surface area contributed by atoms with E-state index in [0.717, 1.165) is 50.7 Å². The van der Waals surface area contributed by atoms with Gasteiger partial charge in [0.05, 0.1) is 19.9 Å². The van der Waals surface area contributed by atoms with Gasteiger partial charge in [0.15, 0.2) is 18.0 Å². The molecule has 1 heterocycles. The summed E-state index contributed by atoms with van der Waals surface area (Å²) in [5.41, 5.74) is 1.35. The molecule has 1 aromatic carbocycles. The van der Waals surface area contributed by atoms with E-state index in [4.69, 9.17) is 9.47 Å². The second kappa shape index (κ2) is 9.08. The number of ether oxygens (including phenoxy) is 2. The number of nitrogens with one attached hydrogen (secondary N) is 1. The van der Waals surface area contributed by atoms with E-state index in [1.165, 1.54) is 12.0 Å². The van der Waals surface area contributed by atoms with Crippen molar-refractivity contribution < 1.29 is 28.4 Å². The highest BCUT2D eigenvalue weighted by Gasteiger charge is 2.52. The summed E-state index contributed by atoms with van der Waals surface area (Å²) in [5.74, 6) is 0.428. The van der Waals surface area contributed by atoms with Gasteiger partial charge in [0.25, 0.3) is 5.91 Å². The Morgan fingerprint density at radius 2 is 1.81 bits per heavy atom. The maximum atomic E-state index is 13.3. The molecular weight excluding hydrogens is 398 g/mol. The summed E-state index contributed by atoms with van der Waals surface area (Å²) < 4.78 is 12.1. The number of anilines is 1. The first-order valence-electron chi connectivity index (χ1n) is 11.1. The van der Waals surface area contributed by atoms with Crippen LogP contribution in [0.1, 0.15) is 51.4 Å². The molecule has 1 aliphatic heterocycles. The Balaban J connectivity index is 1.54. The van der Waals surface area contributed by atoms with Gasteiger partial charge in [0.1, 0.15) is 12.0 Å². The molecular formula is C23H30N3O5+. The van der Waals surface area contributed by atoms with Crippen LogP contribution in [0.5, 0.6) is 11.5 Å². The van der Waals surface area contributed by atoms with Crippen molar-refractivity contribution in [2.45, 2.75) is 57.4 Å². The molecule has 1 aromatic rings. The monoisotopic (exact) mass is 428 g/mol. The lowest BCUT2D eigenvalue weighted by atomic mass is 9.92. The van der Waals surface area contributed by atoms with Crippen molar-refractivity contribution in [2.24, 2.45) is 5.92 Å². The molecule has 0 radical (unpaired) electrons. The third-order valence-electron chi connectivity index (χ3n) is 6.56. The number of hydrogen-bond acceptors (Lipinski definition) is 5. The van der Waals surface area contributed by atoms with Gasteiger partial charge in [0.2, 0.25) is 0 Å². The number of amides is 4. The van der Waals surface area contributed by atoms with Gasteiger partial charge in [-0.05, 0) is 50.7 Å².